The Morgan fingerprint density at radius 2 is 1.21 bits per heavy atom. The lowest BCUT2D eigenvalue weighted by molar-refractivity contribution is 0.628. The van der Waals surface area contributed by atoms with Crippen LogP contribution in [0.3, 0.4) is 0 Å². The summed E-state index contributed by atoms with van der Waals surface area (Å²) in [6, 6.07) is 14.0. The van der Waals surface area contributed by atoms with Gasteiger partial charge in [0.2, 0.25) is 0 Å². The van der Waals surface area contributed by atoms with Gasteiger partial charge in [-0.05, 0) is 30.3 Å². The van der Waals surface area contributed by atoms with Crippen molar-refractivity contribution >= 4 is 30.0 Å². The van der Waals surface area contributed by atoms with Gasteiger partial charge in [0.25, 0.3) is 0 Å². The molecular formula is C15H15ClF2Si. The highest BCUT2D eigenvalue weighted by molar-refractivity contribution is 7.01. The van der Waals surface area contributed by atoms with Gasteiger partial charge in [-0.3, -0.25) is 0 Å². The summed E-state index contributed by atoms with van der Waals surface area (Å²) in [7, 11) is -2.01. The van der Waals surface area contributed by atoms with E-state index in [9.17, 15) is 8.78 Å². The molecule has 0 unspecified atom stereocenters. The Morgan fingerprint density at radius 1 is 0.842 bits per heavy atom. The van der Waals surface area contributed by atoms with Gasteiger partial charge in [0.1, 0.15) is 19.7 Å². The molecule has 0 bridgehead atoms. The van der Waals surface area contributed by atoms with Crippen LogP contribution >= 0.6 is 11.6 Å². The molecule has 19 heavy (non-hydrogen) atoms. The van der Waals surface area contributed by atoms with Gasteiger partial charge in [-0.1, -0.05) is 41.2 Å². The van der Waals surface area contributed by atoms with E-state index in [1.165, 1.54) is 24.3 Å². The number of hydrogen-bond donors (Lipinski definition) is 0. The van der Waals surface area contributed by atoms with Crippen LogP contribution in [0.25, 0.3) is 0 Å². The van der Waals surface area contributed by atoms with Crippen molar-refractivity contribution in [3.63, 3.8) is 0 Å². The maximum Gasteiger partial charge on any atom is 0.123 e. The number of alkyl halides is 1. The van der Waals surface area contributed by atoms with E-state index in [0.717, 1.165) is 16.4 Å². The Labute approximate surface area is 118 Å². The monoisotopic (exact) mass is 296 g/mol. The summed E-state index contributed by atoms with van der Waals surface area (Å²) in [6.07, 6.45) is 0. The molecule has 0 atom stereocenters. The summed E-state index contributed by atoms with van der Waals surface area (Å²) < 4.78 is 26.1. The molecule has 2 aromatic carbocycles. The van der Waals surface area contributed by atoms with Crippen molar-refractivity contribution in [2.45, 2.75) is 12.6 Å². The lowest BCUT2D eigenvalue weighted by Gasteiger charge is -2.28. The predicted octanol–water partition coefficient (Wildman–Crippen LogP) is 3.40. The normalized spacial score (nSPS) is 11.6. The van der Waals surface area contributed by atoms with Gasteiger partial charge in [-0.15, -0.1) is 11.6 Å². The lowest BCUT2D eigenvalue weighted by atomic mass is 10.3. The molecule has 2 rings (SSSR count). The second-order valence-electron chi connectivity index (χ2n) is 4.78. The molecular weight excluding hydrogens is 282 g/mol. The fraction of sp³-hybridized carbons (Fsp3) is 0.200. The largest absolute Gasteiger partial charge is 0.207 e. The van der Waals surface area contributed by atoms with E-state index < -0.39 is 8.07 Å². The van der Waals surface area contributed by atoms with Gasteiger partial charge >= 0.3 is 0 Å². The third-order valence-electron chi connectivity index (χ3n) is 3.56. The molecule has 0 N–H and O–H groups in total. The van der Waals surface area contributed by atoms with E-state index in [-0.39, 0.29) is 11.6 Å². The molecule has 0 fully saturated rings. The zero-order chi connectivity index (χ0) is 13.9. The van der Waals surface area contributed by atoms with Crippen LogP contribution in [0, 0.1) is 11.6 Å². The van der Waals surface area contributed by atoms with Crippen molar-refractivity contribution in [3.8, 4) is 0 Å². The number of benzene rings is 2. The fourth-order valence-corrected chi connectivity index (χ4v) is 6.51. The van der Waals surface area contributed by atoms with Gasteiger partial charge in [0.15, 0.2) is 0 Å². The van der Waals surface area contributed by atoms with E-state index in [1.54, 1.807) is 0 Å². The second kappa shape index (κ2) is 5.84. The number of halogens is 3. The zero-order valence-electron chi connectivity index (χ0n) is 10.7. The van der Waals surface area contributed by atoms with E-state index in [4.69, 9.17) is 11.6 Å². The van der Waals surface area contributed by atoms with Crippen LogP contribution < -0.4 is 10.4 Å². The first-order chi connectivity index (χ1) is 9.06. The van der Waals surface area contributed by atoms with Crippen molar-refractivity contribution in [1.82, 2.24) is 0 Å². The van der Waals surface area contributed by atoms with E-state index in [1.807, 2.05) is 24.3 Å². The SMILES string of the molecule is C[Si](CCCl)(c1ccc(F)cc1)c1ccc(F)cc1. The molecule has 4 heteroatoms. The average molecular weight is 297 g/mol. The molecule has 0 aliphatic heterocycles. The summed E-state index contributed by atoms with van der Waals surface area (Å²) in [4.78, 5) is 0. The zero-order valence-corrected chi connectivity index (χ0v) is 12.4. The van der Waals surface area contributed by atoms with Crippen molar-refractivity contribution in [2.24, 2.45) is 0 Å². The Bertz CT molecular complexity index is 492. The van der Waals surface area contributed by atoms with Crippen molar-refractivity contribution in [3.05, 3.63) is 60.2 Å². The van der Waals surface area contributed by atoms with Crippen LogP contribution in [0.2, 0.25) is 12.6 Å². The molecule has 0 spiro atoms. The van der Waals surface area contributed by atoms with E-state index in [0.29, 0.717) is 5.88 Å². The van der Waals surface area contributed by atoms with Gasteiger partial charge < -0.3 is 0 Å². The quantitative estimate of drug-likeness (QED) is 0.599. The van der Waals surface area contributed by atoms with E-state index in [2.05, 4.69) is 6.55 Å². The molecule has 0 saturated carbocycles. The van der Waals surface area contributed by atoms with Gasteiger partial charge in [-0.2, -0.15) is 0 Å². The molecule has 0 nitrogen and oxygen atoms in total. The average Bonchev–Trinajstić information content (AvgIpc) is 2.40. The third kappa shape index (κ3) is 3.04. The molecule has 0 aromatic heterocycles. The van der Waals surface area contributed by atoms with Crippen LogP contribution in [0.1, 0.15) is 0 Å². The maximum atomic E-state index is 13.1. The molecule has 100 valence electrons. The number of hydrogen-bond acceptors (Lipinski definition) is 0. The van der Waals surface area contributed by atoms with Crippen LogP contribution in [0.4, 0.5) is 8.78 Å². The molecule has 0 aliphatic carbocycles. The highest BCUT2D eigenvalue weighted by Gasteiger charge is 2.31. The number of rotatable bonds is 4. The first-order valence-electron chi connectivity index (χ1n) is 6.14. The summed E-state index contributed by atoms with van der Waals surface area (Å²) in [6.45, 7) is 2.18. The summed E-state index contributed by atoms with van der Waals surface area (Å²) in [5, 5.41) is 2.22. The molecule has 0 radical (unpaired) electrons. The highest BCUT2D eigenvalue weighted by Crippen LogP contribution is 2.13. The second-order valence-corrected chi connectivity index (χ2v) is 9.48. The van der Waals surface area contributed by atoms with Crippen molar-refractivity contribution < 1.29 is 8.78 Å². The lowest BCUT2D eigenvalue weighted by Crippen LogP contribution is -2.55. The fourth-order valence-electron chi connectivity index (χ4n) is 2.28. The molecule has 0 amide bonds. The van der Waals surface area contributed by atoms with Gasteiger partial charge in [0, 0.05) is 5.88 Å². The van der Waals surface area contributed by atoms with Crippen molar-refractivity contribution in [1.29, 1.82) is 0 Å². The van der Waals surface area contributed by atoms with Crippen LogP contribution in [0.15, 0.2) is 48.5 Å². The first kappa shape index (κ1) is 14.2. The Hall–Kier alpha value is -1.19. The molecule has 2 aromatic rings. The minimum absolute atomic E-state index is 0.245. The summed E-state index contributed by atoms with van der Waals surface area (Å²) in [5.74, 6) is 0.0486. The Balaban J connectivity index is 2.47. The summed E-state index contributed by atoms with van der Waals surface area (Å²) in [5.41, 5.74) is 0. The molecule has 0 saturated heterocycles. The Kier molecular flexibility index (Phi) is 4.37. The predicted molar refractivity (Wildman–Crippen MR) is 79.2 cm³/mol. The van der Waals surface area contributed by atoms with Crippen LogP contribution in [-0.2, 0) is 0 Å². The third-order valence-corrected chi connectivity index (χ3v) is 8.53. The van der Waals surface area contributed by atoms with E-state index >= 15 is 0 Å². The van der Waals surface area contributed by atoms with Crippen LogP contribution in [0.5, 0.6) is 0 Å². The minimum atomic E-state index is -2.01. The van der Waals surface area contributed by atoms with Gasteiger partial charge in [-0.25, -0.2) is 8.78 Å². The van der Waals surface area contributed by atoms with Crippen LogP contribution in [-0.4, -0.2) is 14.0 Å². The van der Waals surface area contributed by atoms with Gasteiger partial charge in [0.05, 0.1) is 0 Å². The van der Waals surface area contributed by atoms with Crippen molar-refractivity contribution in [2.75, 3.05) is 5.88 Å². The highest BCUT2D eigenvalue weighted by atomic mass is 35.5. The molecule has 0 aliphatic rings. The minimum Gasteiger partial charge on any atom is -0.207 e. The smallest absolute Gasteiger partial charge is 0.123 e. The maximum absolute atomic E-state index is 13.1. The summed E-state index contributed by atoms with van der Waals surface area (Å²) >= 11 is 5.93. The Morgan fingerprint density at radius 3 is 1.53 bits per heavy atom. The first-order valence-corrected chi connectivity index (χ1v) is 9.38. The molecule has 0 heterocycles. The topological polar surface area (TPSA) is 0 Å². The standard InChI is InChI=1S/C15H15ClF2Si/c1-19(11-10-16,14-6-2-12(17)3-7-14)15-8-4-13(18)5-9-15/h2-9H,10-11H2,1H3.